The van der Waals surface area contributed by atoms with E-state index in [1.54, 1.807) is 11.3 Å². The fourth-order valence-electron chi connectivity index (χ4n) is 1.90. The molecule has 0 amide bonds. The number of hydrogen-bond donors (Lipinski definition) is 2. The van der Waals surface area contributed by atoms with Gasteiger partial charge >= 0.3 is 0 Å². The highest BCUT2D eigenvalue weighted by atomic mass is 32.2. The molecule has 18 heavy (non-hydrogen) atoms. The number of benzene rings is 1. The van der Waals surface area contributed by atoms with Crippen LogP contribution in [0.15, 0.2) is 30.3 Å². The minimum absolute atomic E-state index is 0.245. The van der Waals surface area contributed by atoms with Gasteiger partial charge in [0.1, 0.15) is 0 Å². The Labute approximate surface area is 110 Å². The molecule has 0 aliphatic rings. The Morgan fingerprint density at radius 3 is 2.67 bits per heavy atom. The van der Waals surface area contributed by atoms with E-state index in [-0.39, 0.29) is 13.0 Å². The fraction of sp³-hybridized carbons (Fsp3) is 0.333. The molecule has 0 radical (unpaired) electrons. The van der Waals surface area contributed by atoms with Gasteiger partial charge in [0, 0.05) is 16.0 Å². The third-order valence-electron chi connectivity index (χ3n) is 2.82. The van der Waals surface area contributed by atoms with Gasteiger partial charge in [-0.25, -0.2) is 0 Å². The van der Waals surface area contributed by atoms with Crippen molar-refractivity contribution in [3.8, 4) is 0 Å². The lowest BCUT2D eigenvalue weighted by Gasteiger charge is -2.10. The predicted molar refractivity (Wildman–Crippen MR) is 74.5 cm³/mol. The average Bonchev–Trinajstić information content (AvgIpc) is 2.69. The van der Waals surface area contributed by atoms with Crippen molar-refractivity contribution in [3.05, 3.63) is 35.2 Å². The van der Waals surface area contributed by atoms with Crippen LogP contribution in [0.5, 0.6) is 0 Å². The van der Waals surface area contributed by atoms with E-state index in [9.17, 15) is 8.42 Å². The molecule has 6 heteroatoms. The van der Waals surface area contributed by atoms with Crippen LogP contribution in [0, 0.1) is 0 Å². The monoisotopic (exact) mass is 285 g/mol. The Bertz CT molecular complexity index is 601. The first-order valence-electron chi connectivity index (χ1n) is 5.64. The SMILES string of the molecule is NCCC(Cc1cc2ccccc2s1)S(=O)(=O)O. The summed E-state index contributed by atoms with van der Waals surface area (Å²) in [6.45, 7) is 0.245. The maximum absolute atomic E-state index is 11.2. The summed E-state index contributed by atoms with van der Waals surface area (Å²) < 4.78 is 32.8. The molecule has 0 aliphatic carbocycles. The van der Waals surface area contributed by atoms with Crippen LogP contribution in [0.4, 0.5) is 0 Å². The molecule has 1 heterocycles. The Morgan fingerprint density at radius 2 is 2.06 bits per heavy atom. The molecule has 0 saturated heterocycles. The van der Waals surface area contributed by atoms with E-state index in [1.807, 2.05) is 30.3 Å². The lowest BCUT2D eigenvalue weighted by molar-refractivity contribution is 0.461. The van der Waals surface area contributed by atoms with Gasteiger partial charge in [0.25, 0.3) is 10.1 Å². The Balaban J connectivity index is 2.26. The molecule has 4 nitrogen and oxygen atoms in total. The van der Waals surface area contributed by atoms with Gasteiger partial charge in [0.2, 0.25) is 0 Å². The summed E-state index contributed by atoms with van der Waals surface area (Å²) in [7, 11) is -4.04. The van der Waals surface area contributed by atoms with Crippen LogP contribution >= 0.6 is 11.3 Å². The van der Waals surface area contributed by atoms with E-state index in [0.29, 0.717) is 6.42 Å². The molecule has 1 unspecified atom stereocenters. The highest BCUT2D eigenvalue weighted by Crippen LogP contribution is 2.27. The van der Waals surface area contributed by atoms with E-state index in [4.69, 9.17) is 10.3 Å². The van der Waals surface area contributed by atoms with Gasteiger partial charge in [-0.05, 0) is 30.5 Å². The standard InChI is InChI=1S/C12H15NO3S2/c13-6-5-11(18(14,15)16)8-10-7-9-3-1-2-4-12(9)17-10/h1-4,7,11H,5-6,8,13H2,(H,14,15,16). The molecule has 1 aromatic heterocycles. The minimum Gasteiger partial charge on any atom is -0.330 e. The summed E-state index contributed by atoms with van der Waals surface area (Å²) in [6, 6.07) is 9.84. The molecule has 0 bridgehead atoms. The van der Waals surface area contributed by atoms with Crippen molar-refractivity contribution in [2.24, 2.45) is 5.73 Å². The van der Waals surface area contributed by atoms with Crippen LogP contribution in [0.2, 0.25) is 0 Å². The molecule has 2 rings (SSSR count). The largest absolute Gasteiger partial charge is 0.330 e. The first-order chi connectivity index (χ1) is 8.50. The first kappa shape index (κ1) is 13.5. The van der Waals surface area contributed by atoms with E-state index < -0.39 is 15.4 Å². The number of fused-ring (bicyclic) bond motifs is 1. The zero-order valence-electron chi connectivity index (χ0n) is 9.74. The molecule has 3 N–H and O–H groups in total. The van der Waals surface area contributed by atoms with Gasteiger partial charge in [-0.15, -0.1) is 11.3 Å². The summed E-state index contributed by atoms with van der Waals surface area (Å²) in [6.07, 6.45) is 0.586. The molecule has 0 aliphatic heterocycles. The Morgan fingerprint density at radius 1 is 1.33 bits per heavy atom. The number of thiophene rings is 1. The Kier molecular flexibility index (Phi) is 4.01. The third-order valence-corrected chi connectivity index (χ3v) is 5.20. The zero-order chi connectivity index (χ0) is 13.2. The topological polar surface area (TPSA) is 80.4 Å². The molecule has 0 fully saturated rings. The number of rotatable bonds is 5. The van der Waals surface area contributed by atoms with Gasteiger partial charge < -0.3 is 5.73 Å². The Hall–Kier alpha value is -0.950. The normalized spacial score (nSPS) is 13.9. The first-order valence-corrected chi connectivity index (χ1v) is 7.96. The highest BCUT2D eigenvalue weighted by Gasteiger charge is 2.23. The van der Waals surface area contributed by atoms with Gasteiger partial charge in [-0.2, -0.15) is 8.42 Å². The van der Waals surface area contributed by atoms with E-state index in [1.165, 1.54) is 0 Å². The average molecular weight is 285 g/mol. The van der Waals surface area contributed by atoms with Gasteiger partial charge in [-0.1, -0.05) is 18.2 Å². The second-order valence-electron chi connectivity index (χ2n) is 4.17. The van der Waals surface area contributed by atoms with Gasteiger partial charge in [-0.3, -0.25) is 4.55 Å². The molecule has 0 saturated carbocycles. The molecular weight excluding hydrogens is 270 g/mol. The summed E-state index contributed by atoms with van der Waals surface area (Å²) in [4.78, 5) is 0.951. The molecular formula is C12H15NO3S2. The van der Waals surface area contributed by atoms with Crippen molar-refractivity contribution < 1.29 is 13.0 Å². The van der Waals surface area contributed by atoms with Gasteiger partial charge in [0.05, 0.1) is 5.25 Å². The lowest BCUT2D eigenvalue weighted by atomic mass is 10.2. The third kappa shape index (κ3) is 3.08. The quantitative estimate of drug-likeness (QED) is 0.824. The predicted octanol–water partition coefficient (Wildman–Crippen LogP) is 2.05. The van der Waals surface area contributed by atoms with Crippen molar-refractivity contribution in [2.75, 3.05) is 6.54 Å². The zero-order valence-corrected chi connectivity index (χ0v) is 11.4. The van der Waals surface area contributed by atoms with E-state index in [0.717, 1.165) is 15.0 Å². The maximum atomic E-state index is 11.2. The smallest absolute Gasteiger partial charge is 0.268 e. The maximum Gasteiger partial charge on any atom is 0.268 e. The van der Waals surface area contributed by atoms with Crippen molar-refractivity contribution in [2.45, 2.75) is 18.1 Å². The summed E-state index contributed by atoms with van der Waals surface area (Å²) in [5, 5.41) is 0.287. The van der Waals surface area contributed by atoms with Gasteiger partial charge in [0.15, 0.2) is 0 Å². The summed E-state index contributed by atoms with van der Waals surface area (Å²) >= 11 is 1.55. The van der Waals surface area contributed by atoms with Crippen LogP contribution in [0.1, 0.15) is 11.3 Å². The van der Waals surface area contributed by atoms with Crippen LogP contribution in [0.3, 0.4) is 0 Å². The van der Waals surface area contributed by atoms with Crippen molar-refractivity contribution in [1.82, 2.24) is 0 Å². The molecule has 1 aromatic carbocycles. The second kappa shape index (κ2) is 5.36. The summed E-state index contributed by atoms with van der Waals surface area (Å²) in [5.41, 5.74) is 5.38. The van der Waals surface area contributed by atoms with Crippen molar-refractivity contribution in [3.63, 3.8) is 0 Å². The fourth-order valence-corrected chi connectivity index (χ4v) is 3.98. The van der Waals surface area contributed by atoms with E-state index >= 15 is 0 Å². The highest BCUT2D eigenvalue weighted by molar-refractivity contribution is 7.86. The molecule has 1 atom stereocenters. The van der Waals surface area contributed by atoms with Crippen molar-refractivity contribution >= 4 is 31.5 Å². The minimum atomic E-state index is -4.04. The second-order valence-corrected chi connectivity index (χ2v) is 7.03. The summed E-state index contributed by atoms with van der Waals surface area (Å²) in [5.74, 6) is 0. The molecule has 2 aromatic rings. The lowest BCUT2D eigenvalue weighted by Crippen LogP contribution is -2.25. The number of hydrogen-bond acceptors (Lipinski definition) is 4. The van der Waals surface area contributed by atoms with Crippen LogP contribution in [-0.2, 0) is 16.5 Å². The van der Waals surface area contributed by atoms with E-state index in [2.05, 4.69) is 0 Å². The number of nitrogens with two attached hydrogens (primary N) is 1. The van der Waals surface area contributed by atoms with Crippen LogP contribution in [-0.4, -0.2) is 24.8 Å². The molecule has 98 valence electrons. The molecule has 0 spiro atoms. The van der Waals surface area contributed by atoms with Crippen LogP contribution < -0.4 is 5.73 Å². The van der Waals surface area contributed by atoms with Crippen molar-refractivity contribution in [1.29, 1.82) is 0 Å². The van der Waals surface area contributed by atoms with Crippen LogP contribution in [0.25, 0.3) is 10.1 Å².